The maximum absolute atomic E-state index is 12.1. The molecule has 0 saturated carbocycles. The zero-order valence-corrected chi connectivity index (χ0v) is 13.4. The molecule has 0 unspecified atom stereocenters. The number of hydrogen-bond acceptors (Lipinski definition) is 7. The normalized spacial score (nSPS) is 10.1. The molecule has 24 heavy (non-hydrogen) atoms. The number of methoxy groups -OCH3 is 2. The number of carbonyl (C=O) groups is 2. The van der Waals surface area contributed by atoms with Crippen LogP contribution in [0.4, 0.5) is 11.6 Å². The Morgan fingerprint density at radius 2 is 1.71 bits per heavy atom. The van der Waals surface area contributed by atoms with Crippen LogP contribution < -0.4 is 10.6 Å². The maximum Gasteiger partial charge on any atom is 0.337 e. The highest BCUT2D eigenvalue weighted by Gasteiger charge is 2.09. The summed E-state index contributed by atoms with van der Waals surface area (Å²) in [6, 6.07) is 6.37. The topological polar surface area (TPSA) is 102 Å². The number of nitrogens with zero attached hydrogens (tertiary/aromatic N) is 2. The van der Waals surface area contributed by atoms with Crippen molar-refractivity contribution in [3.63, 3.8) is 0 Å². The SMILES string of the molecule is COCCNc1ncc(C(=O)Nc2ccc(C(=O)OC)cc2)cn1. The molecule has 0 saturated heterocycles. The van der Waals surface area contributed by atoms with Gasteiger partial charge in [-0.25, -0.2) is 14.8 Å². The molecule has 0 bridgehead atoms. The van der Waals surface area contributed by atoms with Crippen LogP contribution in [0.1, 0.15) is 20.7 Å². The van der Waals surface area contributed by atoms with Crippen molar-refractivity contribution in [2.75, 3.05) is 38.0 Å². The molecule has 126 valence electrons. The van der Waals surface area contributed by atoms with Crippen molar-refractivity contribution >= 4 is 23.5 Å². The highest BCUT2D eigenvalue weighted by atomic mass is 16.5. The molecule has 1 aromatic heterocycles. The first-order valence-corrected chi connectivity index (χ1v) is 7.18. The Balaban J connectivity index is 1.95. The Kier molecular flexibility index (Phi) is 6.21. The fourth-order valence-electron chi connectivity index (χ4n) is 1.81. The number of benzene rings is 1. The molecule has 8 nitrogen and oxygen atoms in total. The largest absolute Gasteiger partial charge is 0.465 e. The number of aromatic nitrogens is 2. The lowest BCUT2D eigenvalue weighted by Crippen LogP contribution is -2.14. The second kappa shape index (κ2) is 8.59. The van der Waals surface area contributed by atoms with Crippen molar-refractivity contribution in [3.05, 3.63) is 47.8 Å². The summed E-state index contributed by atoms with van der Waals surface area (Å²) in [5, 5.41) is 5.66. The standard InChI is InChI=1S/C16H18N4O4/c1-23-8-7-17-16-18-9-12(10-19-16)14(21)20-13-5-3-11(4-6-13)15(22)24-2/h3-6,9-10H,7-8H2,1-2H3,(H,20,21)(H,17,18,19). The lowest BCUT2D eigenvalue weighted by atomic mass is 10.2. The third-order valence-corrected chi connectivity index (χ3v) is 3.07. The molecule has 1 heterocycles. The number of hydrogen-bond donors (Lipinski definition) is 2. The van der Waals surface area contributed by atoms with E-state index in [-0.39, 0.29) is 5.91 Å². The second-order valence-corrected chi connectivity index (χ2v) is 4.74. The minimum Gasteiger partial charge on any atom is -0.465 e. The first-order chi connectivity index (χ1) is 11.6. The van der Waals surface area contributed by atoms with Crippen molar-refractivity contribution in [2.24, 2.45) is 0 Å². The van der Waals surface area contributed by atoms with Crippen LogP contribution in [-0.4, -0.2) is 49.2 Å². The maximum atomic E-state index is 12.1. The zero-order chi connectivity index (χ0) is 17.4. The summed E-state index contributed by atoms with van der Waals surface area (Å²) in [5.41, 5.74) is 1.28. The predicted octanol–water partition coefficient (Wildman–Crippen LogP) is 1.57. The van der Waals surface area contributed by atoms with Crippen LogP contribution in [0, 0.1) is 0 Å². The third kappa shape index (κ3) is 4.75. The monoisotopic (exact) mass is 330 g/mol. The summed E-state index contributed by atoms with van der Waals surface area (Å²) in [4.78, 5) is 31.6. The second-order valence-electron chi connectivity index (χ2n) is 4.74. The van der Waals surface area contributed by atoms with E-state index in [2.05, 4.69) is 25.3 Å². The average molecular weight is 330 g/mol. The number of rotatable bonds is 7. The van der Waals surface area contributed by atoms with Crippen LogP contribution in [0.15, 0.2) is 36.7 Å². The molecular formula is C16H18N4O4. The fraction of sp³-hybridized carbons (Fsp3) is 0.250. The molecule has 2 rings (SSSR count). The van der Waals surface area contributed by atoms with E-state index in [0.29, 0.717) is 35.9 Å². The molecule has 1 aromatic carbocycles. The summed E-state index contributed by atoms with van der Waals surface area (Å²) in [6.45, 7) is 1.11. The summed E-state index contributed by atoms with van der Waals surface area (Å²) >= 11 is 0. The minimum absolute atomic E-state index is 0.323. The van der Waals surface area contributed by atoms with Crippen molar-refractivity contribution in [1.29, 1.82) is 0 Å². The van der Waals surface area contributed by atoms with Crippen molar-refractivity contribution in [1.82, 2.24) is 9.97 Å². The van der Waals surface area contributed by atoms with Gasteiger partial charge in [0.15, 0.2) is 0 Å². The molecule has 0 atom stereocenters. The highest BCUT2D eigenvalue weighted by molar-refractivity contribution is 6.04. The van der Waals surface area contributed by atoms with Crippen LogP contribution in [-0.2, 0) is 9.47 Å². The van der Waals surface area contributed by atoms with E-state index in [0.717, 1.165) is 0 Å². The van der Waals surface area contributed by atoms with Crippen LogP contribution in [0.25, 0.3) is 0 Å². The molecule has 0 aliphatic rings. The lowest BCUT2D eigenvalue weighted by molar-refractivity contribution is 0.0600. The van der Waals surface area contributed by atoms with Gasteiger partial charge >= 0.3 is 5.97 Å². The van der Waals surface area contributed by atoms with Crippen LogP contribution in [0.5, 0.6) is 0 Å². The predicted molar refractivity (Wildman–Crippen MR) is 88.1 cm³/mol. The van der Waals surface area contributed by atoms with Crippen molar-refractivity contribution < 1.29 is 19.1 Å². The molecule has 1 amide bonds. The van der Waals surface area contributed by atoms with E-state index in [1.165, 1.54) is 19.5 Å². The quantitative estimate of drug-likeness (QED) is 0.587. The number of nitrogens with one attached hydrogen (secondary N) is 2. The van der Waals surface area contributed by atoms with E-state index >= 15 is 0 Å². The van der Waals surface area contributed by atoms with Gasteiger partial charge in [-0.1, -0.05) is 0 Å². The van der Waals surface area contributed by atoms with Gasteiger partial charge in [0.25, 0.3) is 5.91 Å². The molecule has 2 N–H and O–H groups in total. The van der Waals surface area contributed by atoms with Gasteiger partial charge in [0, 0.05) is 31.7 Å². The van der Waals surface area contributed by atoms with Crippen LogP contribution >= 0.6 is 0 Å². The Morgan fingerprint density at radius 1 is 1.04 bits per heavy atom. The molecule has 0 fully saturated rings. The van der Waals surface area contributed by atoms with Gasteiger partial charge in [-0.2, -0.15) is 0 Å². The van der Waals surface area contributed by atoms with Gasteiger partial charge < -0.3 is 20.1 Å². The Hall–Kier alpha value is -3.00. The third-order valence-electron chi connectivity index (χ3n) is 3.07. The number of esters is 1. The number of anilines is 2. The van der Waals surface area contributed by atoms with Crippen LogP contribution in [0.3, 0.4) is 0 Å². The summed E-state index contributed by atoms with van der Waals surface area (Å²) < 4.78 is 9.53. The first kappa shape index (κ1) is 17.4. The molecule has 8 heteroatoms. The van der Waals surface area contributed by atoms with Gasteiger partial charge in [-0.05, 0) is 24.3 Å². The zero-order valence-electron chi connectivity index (χ0n) is 13.4. The van der Waals surface area contributed by atoms with Crippen molar-refractivity contribution in [3.8, 4) is 0 Å². The van der Waals surface area contributed by atoms with Gasteiger partial charge in [-0.15, -0.1) is 0 Å². The minimum atomic E-state index is -0.433. The fourth-order valence-corrected chi connectivity index (χ4v) is 1.81. The van der Waals surface area contributed by atoms with E-state index in [1.54, 1.807) is 31.4 Å². The Labute approximate surface area is 139 Å². The highest BCUT2D eigenvalue weighted by Crippen LogP contribution is 2.12. The van der Waals surface area contributed by atoms with Crippen LogP contribution in [0.2, 0.25) is 0 Å². The Morgan fingerprint density at radius 3 is 2.29 bits per heavy atom. The van der Waals surface area contributed by atoms with E-state index in [1.807, 2.05) is 0 Å². The molecule has 0 aliphatic heterocycles. The molecule has 0 radical (unpaired) electrons. The lowest BCUT2D eigenvalue weighted by Gasteiger charge is -2.07. The smallest absolute Gasteiger partial charge is 0.337 e. The number of carbonyl (C=O) groups excluding carboxylic acids is 2. The first-order valence-electron chi connectivity index (χ1n) is 7.18. The van der Waals surface area contributed by atoms with Gasteiger partial charge in [-0.3, -0.25) is 4.79 Å². The Bertz CT molecular complexity index is 686. The van der Waals surface area contributed by atoms with Gasteiger partial charge in [0.05, 0.1) is 24.8 Å². The number of ether oxygens (including phenoxy) is 2. The average Bonchev–Trinajstić information content (AvgIpc) is 2.62. The van der Waals surface area contributed by atoms with E-state index < -0.39 is 5.97 Å². The number of amides is 1. The van der Waals surface area contributed by atoms with Crippen molar-refractivity contribution in [2.45, 2.75) is 0 Å². The summed E-state index contributed by atoms with van der Waals surface area (Å²) in [5.74, 6) is -0.354. The molecule has 2 aromatic rings. The van der Waals surface area contributed by atoms with Gasteiger partial charge in [0.2, 0.25) is 5.95 Å². The molecule has 0 aliphatic carbocycles. The van der Waals surface area contributed by atoms with Gasteiger partial charge in [0.1, 0.15) is 0 Å². The molecular weight excluding hydrogens is 312 g/mol. The van der Waals surface area contributed by atoms with E-state index in [9.17, 15) is 9.59 Å². The summed E-state index contributed by atoms with van der Waals surface area (Å²) in [6.07, 6.45) is 2.86. The summed E-state index contributed by atoms with van der Waals surface area (Å²) in [7, 11) is 2.92. The molecule has 0 spiro atoms. The van der Waals surface area contributed by atoms with E-state index in [4.69, 9.17) is 4.74 Å².